The maximum atomic E-state index is 12.6. The zero-order chi connectivity index (χ0) is 13.2. The molecule has 0 atom stereocenters. The van der Waals surface area contributed by atoms with Gasteiger partial charge in [0.15, 0.2) is 0 Å². The first kappa shape index (κ1) is 13.6. The summed E-state index contributed by atoms with van der Waals surface area (Å²) in [7, 11) is 0. The van der Waals surface area contributed by atoms with E-state index >= 15 is 0 Å². The van der Waals surface area contributed by atoms with Gasteiger partial charge in [-0.05, 0) is 0 Å². The summed E-state index contributed by atoms with van der Waals surface area (Å²) < 4.78 is 62.6. The monoisotopic (exact) mass is 270 g/mol. The molecule has 0 fully saturated rings. The Hall–Kier alpha value is -1.42. The van der Waals surface area contributed by atoms with Gasteiger partial charge in [0, 0.05) is 17.3 Å². The van der Waals surface area contributed by atoms with Crippen molar-refractivity contribution in [3.05, 3.63) is 28.6 Å². The molecular formula is C9H4ClF5N2. The summed E-state index contributed by atoms with van der Waals surface area (Å²) in [4.78, 5) is 3.18. The largest absolute Gasteiger partial charge is 0.418 e. The predicted molar refractivity (Wildman–Crippen MR) is 48.5 cm³/mol. The smallest absolute Gasteiger partial charge is 0.245 e. The molecule has 0 aliphatic heterocycles. The number of hydrogen-bond acceptors (Lipinski definition) is 2. The molecule has 0 aliphatic carbocycles. The average molecular weight is 271 g/mol. The normalized spacial score (nSPS) is 11.6. The summed E-state index contributed by atoms with van der Waals surface area (Å²) in [6.45, 7) is 0. The topological polar surface area (TPSA) is 36.7 Å². The van der Waals surface area contributed by atoms with Gasteiger partial charge in [0.1, 0.15) is 11.8 Å². The van der Waals surface area contributed by atoms with Crippen LogP contribution in [0.4, 0.5) is 22.0 Å². The molecule has 0 unspecified atom stereocenters. The number of halogens is 6. The zero-order valence-electron chi connectivity index (χ0n) is 8.02. The third-order valence-corrected chi connectivity index (χ3v) is 2.25. The average Bonchev–Trinajstić information content (AvgIpc) is 2.25. The highest BCUT2D eigenvalue weighted by Gasteiger charge is 2.38. The summed E-state index contributed by atoms with van der Waals surface area (Å²) in [6, 6.07) is 1.42. The van der Waals surface area contributed by atoms with Gasteiger partial charge in [0.05, 0.1) is 11.4 Å². The summed E-state index contributed by atoms with van der Waals surface area (Å²) in [5.74, 6) is -0.639. The number of aromatic nitrogens is 1. The second-order valence-electron chi connectivity index (χ2n) is 2.96. The van der Waals surface area contributed by atoms with E-state index < -0.39 is 40.9 Å². The first-order valence-corrected chi connectivity index (χ1v) is 4.69. The molecule has 1 rings (SSSR count). The zero-order valence-corrected chi connectivity index (χ0v) is 8.78. The van der Waals surface area contributed by atoms with Gasteiger partial charge >= 0.3 is 6.18 Å². The molecular weight excluding hydrogens is 267 g/mol. The molecule has 8 heteroatoms. The van der Waals surface area contributed by atoms with Crippen LogP contribution in [0, 0.1) is 11.3 Å². The highest BCUT2D eigenvalue weighted by molar-refractivity contribution is 6.17. The Labute approximate surface area is 97.6 Å². The summed E-state index contributed by atoms with van der Waals surface area (Å²) >= 11 is 5.29. The molecule has 0 saturated carbocycles. The van der Waals surface area contributed by atoms with Crippen LogP contribution < -0.4 is 0 Å². The second-order valence-corrected chi connectivity index (χ2v) is 3.22. The minimum absolute atomic E-state index is 0.218. The van der Waals surface area contributed by atoms with Crippen molar-refractivity contribution in [3.8, 4) is 6.07 Å². The van der Waals surface area contributed by atoms with Crippen LogP contribution in [0.1, 0.15) is 28.8 Å². The van der Waals surface area contributed by atoms with Gasteiger partial charge in [-0.15, -0.1) is 11.6 Å². The molecule has 1 heterocycles. The van der Waals surface area contributed by atoms with Crippen LogP contribution in [-0.4, -0.2) is 4.98 Å². The Morgan fingerprint density at radius 3 is 2.35 bits per heavy atom. The molecule has 0 saturated heterocycles. The van der Waals surface area contributed by atoms with Gasteiger partial charge in [-0.3, -0.25) is 0 Å². The van der Waals surface area contributed by atoms with E-state index in [0.717, 1.165) is 0 Å². The van der Waals surface area contributed by atoms with Gasteiger partial charge < -0.3 is 0 Å². The molecule has 2 nitrogen and oxygen atoms in total. The molecule has 0 amide bonds. The Bertz CT molecular complexity index is 464. The van der Waals surface area contributed by atoms with Crippen LogP contribution in [0.5, 0.6) is 0 Å². The predicted octanol–water partition coefficient (Wildman–Crippen LogP) is 3.65. The molecule has 1 aromatic rings. The third kappa shape index (κ3) is 2.64. The van der Waals surface area contributed by atoms with Crippen LogP contribution in [0.25, 0.3) is 0 Å². The number of nitriles is 1. The minimum atomic E-state index is -4.96. The quantitative estimate of drug-likeness (QED) is 0.607. The van der Waals surface area contributed by atoms with E-state index in [1.807, 2.05) is 0 Å². The van der Waals surface area contributed by atoms with E-state index in [-0.39, 0.29) is 6.20 Å². The molecule has 17 heavy (non-hydrogen) atoms. The maximum Gasteiger partial charge on any atom is 0.418 e. The molecule has 0 spiro atoms. The molecule has 92 valence electrons. The van der Waals surface area contributed by atoms with Crippen LogP contribution >= 0.6 is 11.6 Å². The Balaban J connectivity index is 3.61. The summed E-state index contributed by atoms with van der Waals surface area (Å²) in [5.41, 5.74) is -3.96. The maximum absolute atomic E-state index is 12.6. The van der Waals surface area contributed by atoms with Gasteiger partial charge in [0.25, 0.3) is 6.43 Å². The molecule has 1 aromatic heterocycles. The van der Waals surface area contributed by atoms with Gasteiger partial charge in [-0.2, -0.15) is 18.4 Å². The van der Waals surface area contributed by atoms with Crippen molar-refractivity contribution in [1.29, 1.82) is 5.26 Å². The van der Waals surface area contributed by atoms with Crippen molar-refractivity contribution in [3.63, 3.8) is 0 Å². The van der Waals surface area contributed by atoms with Crippen LogP contribution in [0.2, 0.25) is 0 Å². The van der Waals surface area contributed by atoms with Gasteiger partial charge in [-0.1, -0.05) is 0 Å². The SMILES string of the molecule is N#Cc1ncc(C(F)(F)F)c(C(F)F)c1CCl. The lowest BCUT2D eigenvalue weighted by atomic mass is 10.0. The van der Waals surface area contributed by atoms with Crippen molar-refractivity contribution in [2.45, 2.75) is 18.5 Å². The van der Waals surface area contributed by atoms with Crippen molar-refractivity contribution >= 4 is 11.6 Å². The molecule has 0 N–H and O–H groups in total. The summed E-state index contributed by atoms with van der Waals surface area (Å²) in [5, 5.41) is 8.55. The van der Waals surface area contributed by atoms with Crippen molar-refractivity contribution in [1.82, 2.24) is 4.98 Å². The van der Waals surface area contributed by atoms with Gasteiger partial charge in [0.2, 0.25) is 0 Å². The number of hydrogen-bond donors (Lipinski definition) is 0. The van der Waals surface area contributed by atoms with Crippen molar-refractivity contribution in [2.75, 3.05) is 0 Å². The first-order valence-electron chi connectivity index (χ1n) is 4.16. The van der Waals surface area contributed by atoms with Crippen LogP contribution in [-0.2, 0) is 12.1 Å². The van der Waals surface area contributed by atoms with E-state index in [2.05, 4.69) is 4.98 Å². The lowest BCUT2D eigenvalue weighted by Gasteiger charge is -2.15. The first-order chi connectivity index (χ1) is 7.82. The van der Waals surface area contributed by atoms with Crippen molar-refractivity contribution in [2.24, 2.45) is 0 Å². The van der Waals surface area contributed by atoms with E-state index in [4.69, 9.17) is 16.9 Å². The van der Waals surface area contributed by atoms with E-state index in [1.54, 1.807) is 0 Å². The molecule has 0 aliphatic rings. The third-order valence-electron chi connectivity index (χ3n) is 1.99. The molecule has 0 aromatic carbocycles. The van der Waals surface area contributed by atoms with Crippen LogP contribution in [0.15, 0.2) is 6.20 Å². The Morgan fingerprint density at radius 1 is 1.41 bits per heavy atom. The Kier molecular flexibility index (Phi) is 3.88. The fourth-order valence-corrected chi connectivity index (χ4v) is 1.54. The second kappa shape index (κ2) is 4.84. The van der Waals surface area contributed by atoms with Gasteiger partial charge in [-0.25, -0.2) is 13.8 Å². The fraction of sp³-hybridized carbons (Fsp3) is 0.333. The number of nitrogens with zero attached hydrogens (tertiary/aromatic N) is 2. The lowest BCUT2D eigenvalue weighted by Crippen LogP contribution is -2.14. The fourth-order valence-electron chi connectivity index (χ4n) is 1.27. The molecule has 0 radical (unpaired) electrons. The highest BCUT2D eigenvalue weighted by Crippen LogP contribution is 2.38. The number of rotatable bonds is 2. The number of alkyl halides is 6. The Morgan fingerprint density at radius 2 is 2.00 bits per heavy atom. The lowest BCUT2D eigenvalue weighted by molar-refractivity contribution is -0.139. The minimum Gasteiger partial charge on any atom is -0.245 e. The van der Waals surface area contributed by atoms with Crippen molar-refractivity contribution < 1.29 is 22.0 Å². The standard InChI is InChI=1S/C9H4ClF5N2/c10-1-4-6(2-16)17-3-5(9(13,14)15)7(4)8(11)12/h3,8H,1H2. The van der Waals surface area contributed by atoms with Crippen LogP contribution in [0.3, 0.4) is 0 Å². The van der Waals surface area contributed by atoms with E-state index in [1.165, 1.54) is 6.07 Å². The number of pyridine rings is 1. The molecule has 0 bridgehead atoms. The van der Waals surface area contributed by atoms with E-state index in [9.17, 15) is 22.0 Å². The van der Waals surface area contributed by atoms with E-state index in [0.29, 0.717) is 0 Å². The highest BCUT2D eigenvalue weighted by atomic mass is 35.5. The summed E-state index contributed by atoms with van der Waals surface area (Å²) in [6.07, 6.45) is -8.13.